The molecule has 2 aliphatic rings. The Morgan fingerprint density at radius 2 is 1.61 bits per heavy atom. The van der Waals surface area contributed by atoms with Gasteiger partial charge in [-0.05, 0) is 54.8 Å². The molecule has 2 aliphatic carbocycles. The molecule has 0 N–H and O–H groups in total. The lowest BCUT2D eigenvalue weighted by Crippen LogP contribution is -2.33. The lowest BCUT2D eigenvalue weighted by atomic mass is 9.63. The molecule has 0 nitrogen and oxygen atoms in total. The smallest absolute Gasteiger partial charge is 0.0241 e. The van der Waals surface area contributed by atoms with E-state index < -0.39 is 0 Å². The van der Waals surface area contributed by atoms with E-state index in [0.717, 1.165) is 23.7 Å². The van der Waals surface area contributed by atoms with Gasteiger partial charge in [-0.2, -0.15) is 0 Å². The summed E-state index contributed by atoms with van der Waals surface area (Å²) < 4.78 is 0. The second kappa shape index (κ2) is 5.97. The third kappa shape index (κ3) is 2.63. The summed E-state index contributed by atoms with van der Waals surface area (Å²) in [7, 11) is 0. The van der Waals surface area contributed by atoms with Gasteiger partial charge in [-0.15, -0.1) is 0 Å². The molecule has 3 atom stereocenters. The molecule has 0 aromatic rings. The fourth-order valence-corrected chi connectivity index (χ4v) is 5.22. The fraction of sp³-hybridized carbons (Fsp3) is 1.00. The average Bonchev–Trinajstić information content (AvgIpc) is 2.55. The summed E-state index contributed by atoms with van der Waals surface area (Å²) >= 11 is 0. The zero-order valence-corrected chi connectivity index (χ0v) is 13.2. The zero-order valence-electron chi connectivity index (χ0n) is 13.2. The average molecular weight is 250 g/mol. The first-order chi connectivity index (χ1) is 8.60. The van der Waals surface area contributed by atoms with Crippen molar-refractivity contribution in [3.05, 3.63) is 0 Å². The predicted molar refractivity (Wildman–Crippen MR) is 80.6 cm³/mol. The van der Waals surface area contributed by atoms with Crippen molar-refractivity contribution < 1.29 is 0 Å². The largest absolute Gasteiger partial charge is 0.0651 e. The van der Waals surface area contributed by atoms with Gasteiger partial charge in [-0.3, -0.25) is 0 Å². The van der Waals surface area contributed by atoms with Crippen molar-refractivity contribution in [2.24, 2.45) is 29.1 Å². The van der Waals surface area contributed by atoms with E-state index in [9.17, 15) is 0 Å². The highest BCUT2D eigenvalue weighted by Crippen LogP contribution is 2.58. The van der Waals surface area contributed by atoms with E-state index in [1.165, 1.54) is 57.8 Å². The van der Waals surface area contributed by atoms with Gasteiger partial charge in [-0.25, -0.2) is 0 Å². The van der Waals surface area contributed by atoms with Crippen LogP contribution in [0.2, 0.25) is 0 Å². The van der Waals surface area contributed by atoms with E-state index in [-0.39, 0.29) is 0 Å². The summed E-state index contributed by atoms with van der Waals surface area (Å²) in [6.45, 7) is 9.95. The topological polar surface area (TPSA) is 0 Å². The van der Waals surface area contributed by atoms with Gasteiger partial charge in [0.25, 0.3) is 0 Å². The van der Waals surface area contributed by atoms with Gasteiger partial charge >= 0.3 is 0 Å². The summed E-state index contributed by atoms with van der Waals surface area (Å²) in [6, 6.07) is 0. The maximum Gasteiger partial charge on any atom is -0.0241 e. The maximum absolute atomic E-state index is 2.52. The van der Waals surface area contributed by atoms with Gasteiger partial charge in [-0.1, -0.05) is 59.8 Å². The van der Waals surface area contributed by atoms with Gasteiger partial charge in [0.15, 0.2) is 0 Å². The van der Waals surface area contributed by atoms with E-state index in [1.54, 1.807) is 0 Å². The summed E-state index contributed by atoms with van der Waals surface area (Å²) in [5.41, 5.74) is 0.699. The Balaban J connectivity index is 2.16. The van der Waals surface area contributed by atoms with E-state index in [1.807, 2.05) is 0 Å². The van der Waals surface area contributed by atoms with E-state index >= 15 is 0 Å². The van der Waals surface area contributed by atoms with E-state index in [0.29, 0.717) is 5.41 Å². The molecule has 106 valence electrons. The van der Waals surface area contributed by atoms with Crippen LogP contribution in [0.3, 0.4) is 0 Å². The first-order valence-corrected chi connectivity index (χ1v) is 8.60. The third-order valence-electron chi connectivity index (χ3n) is 6.49. The quantitative estimate of drug-likeness (QED) is 0.534. The molecule has 0 spiro atoms. The molecule has 3 unspecified atom stereocenters. The number of rotatable bonds is 3. The van der Waals surface area contributed by atoms with Crippen molar-refractivity contribution in [2.45, 2.75) is 85.5 Å². The highest BCUT2D eigenvalue weighted by molar-refractivity contribution is 4.98. The Labute approximate surface area is 115 Å². The lowest BCUT2D eigenvalue weighted by Gasteiger charge is -2.42. The van der Waals surface area contributed by atoms with Crippen LogP contribution in [0.4, 0.5) is 0 Å². The standard InChI is InChI=1S/C18H34/c1-5-16-13-18(14(2)3,12-15(16)4)17-10-8-6-7-9-11-17/h14-17H,5-13H2,1-4H3. The second-order valence-electron chi connectivity index (χ2n) is 7.63. The Morgan fingerprint density at radius 3 is 2.06 bits per heavy atom. The molecule has 0 bridgehead atoms. The summed E-state index contributed by atoms with van der Waals surface area (Å²) in [5, 5.41) is 0. The molecule has 0 aromatic carbocycles. The van der Waals surface area contributed by atoms with Gasteiger partial charge < -0.3 is 0 Å². The molecule has 0 heterocycles. The van der Waals surface area contributed by atoms with E-state index in [4.69, 9.17) is 0 Å². The second-order valence-corrected chi connectivity index (χ2v) is 7.63. The molecule has 0 radical (unpaired) electrons. The van der Waals surface area contributed by atoms with Crippen LogP contribution in [0.5, 0.6) is 0 Å². The van der Waals surface area contributed by atoms with Crippen LogP contribution in [0.25, 0.3) is 0 Å². The molecule has 0 heteroatoms. The lowest BCUT2D eigenvalue weighted by molar-refractivity contribution is 0.0759. The van der Waals surface area contributed by atoms with Crippen molar-refractivity contribution >= 4 is 0 Å². The van der Waals surface area contributed by atoms with Crippen LogP contribution < -0.4 is 0 Å². The fourth-order valence-electron chi connectivity index (χ4n) is 5.22. The van der Waals surface area contributed by atoms with Crippen LogP contribution in [-0.2, 0) is 0 Å². The summed E-state index contributed by atoms with van der Waals surface area (Å²) in [4.78, 5) is 0. The highest BCUT2D eigenvalue weighted by atomic mass is 14.5. The molecule has 0 amide bonds. The van der Waals surface area contributed by atoms with Crippen LogP contribution in [0, 0.1) is 29.1 Å². The van der Waals surface area contributed by atoms with Crippen LogP contribution in [0.15, 0.2) is 0 Å². The highest BCUT2D eigenvalue weighted by Gasteiger charge is 2.48. The zero-order chi connectivity index (χ0) is 13.2. The molecular weight excluding hydrogens is 216 g/mol. The minimum atomic E-state index is 0.699. The van der Waals surface area contributed by atoms with Crippen LogP contribution in [-0.4, -0.2) is 0 Å². The molecular formula is C18H34. The number of hydrogen-bond acceptors (Lipinski definition) is 0. The molecule has 0 saturated heterocycles. The molecule has 0 aliphatic heterocycles. The Bertz CT molecular complexity index is 247. The Kier molecular flexibility index (Phi) is 4.78. The monoisotopic (exact) mass is 250 g/mol. The molecule has 2 fully saturated rings. The third-order valence-corrected chi connectivity index (χ3v) is 6.49. The van der Waals surface area contributed by atoms with Gasteiger partial charge in [0.05, 0.1) is 0 Å². The van der Waals surface area contributed by atoms with Crippen molar-refractivity contribution in [3.63, 3.8) is 0 Å². The molecule has 18 heavy (non-hydrogen) atoms. The molecule has 2 saturated carbocycles. The minimum Gasteiger partial charge on any atom is -0.0651 e. The first-order valence-electron chi connectivity index (χ1n) is 8.60. The predicted octanol–water partition coefficient (Wildman–Crippen LogP) is 6.06. The Morgan fingerprint density at radius 1 is 1.00 bits per heavy atom. The van der Waals surface area contributed by atoms with Crippen LogP contribution >= 0.6 is 0 Å². The Hall–Kier alpha value is 0. The summed E-state index contributed by atoms with van der Waals surface area (Å²) in [5.74, 6) is 3.91. The van der Waals surface area contributed by atoms with Gasteiger partial charge in [0, 0.05) is 0 Å². The van der Waals surface area contributed by atoms with Gasteiger partial charge in [0.1, 0.15) is 0 Å². The number of hydrogen-bond donors (Lipinski definition) is 0. The van der Waals surface area contributed by atoms with Crippen molar-refractivity contribution in [1.29, 1.82) is 0 Å². The maximum atomic E-state index is 2.52. The van der Waals surface area contributed by atoms with Crippen molar-refractivity contribution in [1.82, 2.24) is 0 Å². The normalized spacial score (nSPS) is 39.2. The van der Waals surface area contributed by atoms with Crippen LogP contribution in [0.1, 0.15) is 85.5 Å². The van der Waals surface area contributed by atoms with Crippen molar-refractivity contribution in [2.75, 3.05) is 0 Å². The first kappa shape index (κ1) is 14.4. The van der Waals surface area contributed by atoms with Crippen molar-refractivity contribution in [3.8, 4) is 0 Å². The van der Waals surface area contributed by atoms with Gasteiger partial charge in [0.2, 0.25) is 0 Å². The molecule has 0 aromatic heterocycles. The minimum absolute atomic E-state index is 0.699. The SMILES string of the molecule is CCC1CC(C(C)C)(C2CCCCCC2)CC1C. The molecule has 2 rings (SSSR count). The van der Waals surface area contributed by atoms with E-state index in [2.05, 4.69) is 27.7 Å². The summed E-state index contributed by atoms with van der Waals surface area (Å²) in [6.07, 6.45) is 13.5.